The minimum Gasteiger partial charge on any atom is -0.451 e. The van der Waals surface area contributed by atoms with Crippen LogP contribution in [-0.2, 0) is 0 Å². The van der Waals surface area contributed by atoms with Crippen LogP contribution in [0, 0.1) is 6.92 Å². The fourth-order valence-electron chi connectivity index (χ4n) is 2.40. The van der Waals surface area contributed by atoms with Crippen LogP contribution in [0.2, 0.25) is 5.02 Å². The van der Waals surface area contributed by atoms with Gasteiger partial charge in [0.1, 0.15) is 5.76 Å². The summed E-state index contributed by atoms with van der Waals surface area (Å²) in [6, 6.07) is 16.7. The molecule has 5 heteroatoms. The molecular weight excluding hydrogens is 336 g/mol. The number of nitrogens with one attached hydrogen (secondary N) is 1. The lowest BCUT2D eigenvalue weighted by molar-refractivity contribution is 0.0997. The number of carbonyl (C=O) groups is 1. The van der Waals surface area contributed by atoms with Gasteiger partial charge in [-0.05, 0) is 55.0 Å². The number of rotatable bonds is 4. The van der Waals surface area contributed by atoms with Gasteiger partial charge in [-0.15, -0.1) is 0 Å². The zero-order valence-electron chi connectivity index (χ0n) is 14.3. The molecule has 0 atom stereocenters. The maximum absolute atomic E-state index is 12.4. The first kappa shape index (κ1) is 17.1. The van der Waals surface area contributed by atoms with E-state index in [1.54, 1.807) is 12.1 Å². The van der Waals surface area contributed by atoms with Gasteiger partial charge >= 0.3 is 0 Å². The summed E-state index contributed by atoms with van der Waals surface area (Å²) < 4.78 is 5.68. The summed E-state index contributed by atoms with van der Waals surface area (Å²) in [5.41, 5.74) is 3.61. The van der Waals surface area contributed by atoms with Crippen molar-refractivity contribution in [2.24, 2.45) is 0 Å². The minimum absolute atomic E-state index is 0.253. The maximum atomic E-state index is 12.4. The van der Waals surface area contributed by atoms with E-state index in [1.807, 2.05) is 68.4 Å². The lowest BCUT2D eigenvalue weighted by Crippen LogP contribution is -2.11. The second-order valence-corrected chi connectivity index (χ2v) is 6.43. The van der Waals surface area contributed by atoms with Gasteiger partial charge in [0.05, 0.1) is 0 Å². The van der Waals surface area contributed by atoms with Gasteiger partial charge in [0.25, 0.3) is 5.91 Å². The predicted octanol–water partition coefficient (Wildman–Crippen LogP) is 5.23. The molecule has 0 saturated carbocycles. The Balaban J connectivity index is 1.75. The highest BCUT2D eigenvalue weighted by Crippen LogP contribution is 2.27. The van der Waals surface area contributed by atoms with Crippen molar-refractivity contribution < 1.29 is 9.21 Å². The van der Waals surface area contributed by atoms with E-state index < -0.39 is 0 Å². The van der Waals surface area contributed by atoms with Crippen molar-refractivity contribution in [2.45, 2.75) is 6.92 Å². The van der Waals surface area contributed by atoms with Crippen LogP contribution in [0.1, 0.15) is 16.1 Å². The van der Waals surface area contributed by atoms with E-state index in [9.17, 15) is 4.79 Å². The molecule has 3 rings (SSSR count). The number of hydrogen-bond donors (Lipinski definition) is 1. The molecule has 0 spiro atoms. The smallest absolute Gasteiger partial charge is 0.291 e. The molecule has 128 valence electrons. The molecule has 0 radical (unpaired) electrons. The first-order chi connectivity index (χ1) is 11.9. The zero-order valence-corrected chi connectivity index (χ0v) is 15.1. The van der Waals surface area contributed by atoms with E-state index in [1.165, 1.54) is 0 Å². The van der Waals surface area contributed by atoms with Crippen molar-refractivity contribution in [1.29, 1.82) is 0 Å². The number of benzene rings is 2. The van der Waals surface area contributed by atoms with E-state index in [4.69, 9.17) is 16.0 Å². The van der Waals surface area contributed by atoms with Gasteiger partial charge in [0.15, 0.2) is 5.76 Å². The number of furan rings is 1. The number of hydrogen-bond acceptors (Lipinski definition) is 3. The Kier molecular flexibility index (Phi) is 4.81. The maximum Gasteiger partial charge on any atom is 0.291 e. The summed E-state index contributed by atoms with van der Waals surface area (Å²) in [6.45, 7) is 1.94. The number of carbonyl (C=O) groups excluding carboxylic acids is 1. The molecule has 1 N–H and O–H groups in total. The Bertz CT molecular complexity index is 898. The van der Waals surface area contributed by atoms with Crippen LogP contribution < -0.4 is 10.2 Å². The van der Waals surface area contributed by atoms with Gasteiger partial charge in [-0.2, -0.15) is 0 Å². The number of halogens is 1. The Morgan fingerprint density at radius 2 is 1.76 bits per heavy atom. The Labute approximate surface area is 152 Å². The number of anilines is 2. The van der Waals surface area contributed by atoms with Gasteiger partial charge in [0.2, 0.25) is 0 Å². The molecule has 0 aliphatic carbocycles. The van der Waals surface area contributed by atoms with Crippen molar-refractivity contribution in [1.82, 2.24) is 0 Å². The molecule has 0 bridgehead atoms. The van der Waals surface area contributed by atoms with E-state index in [2.05, 4.69) is 5.32 Å². The summed E-state index contributed by atoms with van der Waals surface area (Å²) in [7, 11) is 3.94. The summed E-state index contributed by atoms with van der Waals surface area (Å²) in [4.78, 5) is 14.4. The lowest BCUT2D eigenvalue weighted by atomic mass is 10.1. The molecule has 1 amide bonds. The molecular formula is C20H19ClN2O2. The molecule has 0 aliphatic rings. The van der Waals surface area contributed by atoms with Crippen LogP contribution in [0.25, 0.3) is 11.3 Å². The van der Waals surface area contributed by atoms with Crippen LogP contribution in [0.4, 0.5) is 11.4 Å². The van der Waals surface area contributed by atoms with E-state index in [0.717, 1.165) is 16.8 Å². The lowest BCUT2D eigenvalue weighted by Gasteiger charge is -2.12. The van der Waals surface area contributed by atoms with Crippen molar-refractivity contribution in [2.75, 3.05) is 24.3 Å². The normalized spacial score (nSPS) is 10.6. The average Bonchev–Trinajstić information content (AvgIpc) is 3.08. The Morgan fingerprint density at radius 1 is 1.04 bits per heavy atom. The molecule has 4 nitrogen and oxygen atoms in total. The van der Waals surface area contributed by atoms with Crippen LogP contribution in [0.3, 0.4) is 0 Å². The molecule has 0 saturated heterocycles. The fraction of sp³-hybridized carbons (Fsp3) is 0.150. The first-order valence-electron chi connectivity index (χ1n) is 7.89. The third-order valence-corrected chi connectivity index (χ3v) is 4.33. The molecule has 25 heavy (non-hydrogen) atoms. The quantitative estimate of drug-likeness (QED) is 0.698. The van der Waals surface area contributed by atoms with Crippen LogP contribution >= 0.6 is 11.6 Å². The SMILES string of the molecule is Cc1ccc(-c2ccc(C(=O)Nc3ccc(N(C)C)cc3)o2)cc1Cl. The Morgan fingerprint density at radius 3 is 2.40 bits per heavy atom. The average molecular weight is 355 g/mol. The summed E-state index contributed by atoms with van der Waals surface area (Å²) >= 11 is 6.15. The van der Waals surface area contributed by atoms with Crippen molar-refractivity contribution in [3.8, 4) is 11.3 Å². The molecule has 0 unspecified atom stereocenters. The predicted molar refractivity (Wildman–Crippen MR) is 103 cm³/mol. The van der Waals surface area contributed by atoms with Crippen LogP contribution in [0.15, 0.2) is 59.0 Å². The van der Waals surface area contributed by atoms with Crippen molar-refractivity contribution >= 4 is 28.9 Å². The second kappa shape index (κ2) is 7.03. The zero-order chi connectivity index (χ0) is 18.0. The number of amides is 1. The third kappa shape index (κ3) is 3.86. The van der Waals surface area contributed by atoms with Gasteiger partial charge in [-0.25, -0.2) is 0 Å². The Hall–Kier alpha value is -2.72. The highest BCUT2D eigenvalue weighted by molar-refractivity contribution is 6.31. The van der Waals surface area contributed by atoms with E-state index in [-0.39, 0.29) is 11.7 Å². The monoisotopic (exact) mass is 354 g/mol. The highest BCUT2D eigenvalue weighted by Gasteiger charge is 2.13. The fourth-order valence-corrected chi connectivity index (χ4v) is 2.58. The van der Waals surface area contributed by atoms with Crippen LogP contribution in [-0.4, -0.2) is 20.0 Å². The van der Waals surface area contributed by atoms with E-state index >= 15 is 0 Å². The third-order valence-electron chi connectivity index (χ3n) is 3.93. The molecule has 0 fully saturated rings. The molecule has 0 aliphatic heterocycles. The molecule has 3 aromatic rings. The van der Waals surface area contributed by atoms with Crippen molar-refractivity contribution in [3.05, 3.63) is 70.9 Å². The van der Waals surface area contributed by atoms with Crippen molar-refractivity contribution in [3.63, 3.8) is 0 Å². The second-order valence-electron chi connectivity index (χ2n) is 6.02. The van der Waals surface area contributed by atoms with Gasteiger partial charge in [0, 0.05) is 36.1 Å². The number of aryl methyl sites for hydroxylation is 1. The van der Waals surface area contributed by atoms with Gasteiger partial charge < -0.3 is 14.6 Å². The molecule has 1 heterocycles. The molecule has 1 aromatic heterocycles. The summed E-state index contributed by atoms with van der Waals surface area (Å²) in [5.74, 6) is 0.570. The summed E-state index contributed by atoms with van der Waals surface area (Å²) in [5, 5.41) is 3.50. The van der Waals surface area contributed by atoms with E-state index in [0.29, 0.717) is 16.5 Å². The summed E-state index contributed by atoms with van der Waals surface area (Å²) in [6.07, 6.45) is 0. The topological polar surface area (TPSA) is 45.5 Å². The first-order valence-corrected chi connectivity index (χ1v) is 8.27. The minimum atomic E-state index is -0.290. The van der Waals surface area contributed by atoms with Crippen LogP contribution in [0.5, 0.6) is 0 Å². The largest absolute Gasteiger partial charge is 0.451 e. The standard InChI is InChI=1S/C20H19ClN2O2/c1-13-4-5-14(12-17(13)21)18-10-11-19(25-18)20(24)22-15-6-8-16(9-7-15)23(2)3/h4-12H,1-3H3,(H,22,24). The van der Waals surface area contributed by atoms with Gasteiger partial charge in [-0.3, -0.25) is 4.79 Å². The molecule has 2 aromatic carbocycles. The highest BCUT2D eigenvalue weighted by atomic mass is 35.5. The number of nitrogens with zero attached hydrogens (tertiary/aromatic N) is 1. The van der Waals surface area contributed by atoms with Gasteiger partial charge in [-0.1, -0.05) is 23.7 Å².